The minimum atomic E-state index is -4.76. The summed E-state index contributed by atoms with van der Waals surface area (Å²) in [5.41, 5.74) is 1.59. The minimum absolute atomic E-state index is 0.0655. The summed E-state index contributed by atoms with van der Waals surface area (Å²) in [6.45, 7) is 3.05. The number of nitrogens with zero attached hydrogens (tertiary/aromatic N) is 7. The Balaban J connectivity index is 1.06. The molecular weight excluding hydrogens is 720 g/mol. The molecule has 0 atom stereocenters. The van der Waals surface area contributed by atoms with Crippen LogP contribution >= 0.6 is 0 Å². The molecule has 6 rings (SSSR count). The Bertz CT molecular complexity index is 2100. The van der Waals surface area contributed by atoms with Gasteiger partial charge in [0.1, 0.15) is 23.0 Å². The fourth-order valence-corrected chi connectivity index (χ4v) is 6.38. The number of hydrogen-bond acceptors (Lipinski definition) is 11. The van der Waals surface area contributed by atoms with Gasteiger partial charge >= 0.3 is 12.2 Å². The van der Waals surface area contributed by atoms with E-state index in [-0.39, 0.29) is 37.2 Å². The lowest BCUT2D eigenvalue weighted by molar-refractivity contribution is -0.137. The molecule has 4 heterocycles. The highest BCUT2D eigenvalue weighted by Gasteiger charge is 2.35. The molecular formula is C34H36F4N10O4S. The first-order valence-corrected chi connectivity index (χ1v) is 18.3. The second-order valence-electron chi connectivity index (χ2n) is 12.5. The molecule has 3 N–H and O–H groups in total. The first-order chi connectivity index (χ1) is 25.2. The van der Waals surface area contributed by atoms with Crippen molar-refractivity contribution in [1.82, 2.24) is 25.2 Å². The fourth-order valence-electron chi connectivity index (χ4n) is 5.90. The van der Waals surface area contributed by atoms with Gasteiger partial charge in [-0.1, -0.05) is 12.1 Å². The molecule has 2 aromatic carbocycles. The van der Waals surface area contributed by atoms with Crippen LogP contribution in [0.5, 0.6) is 0 Å². The molecule has 280 valence electrons. The molecule has 0 saturated carbocycles. The van der Waals surface area contributed by atoms with Crippen molar-refractivity contribution in [2.45, 2.75) is 25.7 Å². The highest BCUT2D eigenvalue weighted by molar-refractivity contribution is 7.92. The maximum atomic E-state index is 15.0. The molecule has 0 unspecified atom stereocenters. The van der Waals surface area contributed by atoms with E-state index in [2.05, 4.69) is 40.7 Å². The molecule has 0 bridgehead atoms. The van der Waals surface area contributed by atoms with Gasteiger partial charge in [0.15, 0.2) is 0 Å². The zero-order valence-corrected chi connectivity index (χ0v) is 29.5. The number of imide groups is 1. The molecule has 2 aliphatic heterocycles. The topological polar surface area (TPSA) is 156 Å². The van der Waals surface area contributed by atoms with Crippen molar-refractivity contribution < 1.29 is 35.6 Å². The number of carbonyl (C=O) groups is 2. The number of anilines is 6. The van der Waals surface area contributed by atoms with E-state index < -0.39 is 39.4 Å². The molecule has 2 saturated heterocycles. The summed E-state index contributed by atoms with van der Waals surface area (Å²) in [7, 11) is -2.37. The number of amides is 3. The SMILES string of the molecule is CN(c1ncccc1CNc1nc(Nc2ccc(N3CCN(Cc4ccc(N5CCC(=O)NC5=O)cc4F)CC3)cc2)ncc1C(F)(F)F)S(C)(=O)=O. The van der Waals surface area contributed by atoms with Gasteiger partial charge in [-0.25, -0.2) is 27.6 Å². The first-order valence-electron chi connectivity index (χ1n) is 16.5. The number of rotatable bonds is 11. The Labute approximate surface area is 302 Å². The number of piperazine rings is 1. The molecule has 2 fully saturated rings. The maximum Gasteiger partial charge on any atom is 0.421 e. The number of alkyl halides is 3. The molecule has 4 aromatic rings. The van der Waals surface area contributed by atoms with Crippen LogP contribution in [0.4, 0.5) is 57.0 Å². The van der Waals surface area contributed by atoms with Gasteiger partial charge < -0.3 is 15.5 Å². The summed E-state index contributed by atoms with van der Waals surface area (Å²) in [6, 6.07) is 14.4. The Kier molecular flexibility index (Phi) is 10.7. The number of sulfonamides is 1. The molecule has 0 aliphatic carbocycles. The number of aromatic nitrogens is 3. The number of nitrogens with one attached hydrogen (secondary N) is 3. The second kappa shape index (κ2) is 15.2. The van der Waals surface area contributed by atoms with Crippen LogP contribution in [0.3, 0.4) is 0 Å². The van der Waals surface area contributed by atoms with Gasteiger partial charge in [-0.3, -0.25) is 24.2 Å². The van der Waals surface area contributed by atoms with E-state index in [1.165, 1.54) is 24.2 Å². The Hall–Kier alpha value is -5.56. The quantitative estimate of drug-likeness (QED) is 0.185. The molecule has 2 aliphatic rings. The molecule has 0 radical (unpaired) electrons. The summed E-state index contributed by atoms with van der Waals surface area (Å²) in [6.07, 6.45) is -1.56. The van der Waals surface area contributed by atoms with Gasteiger partial charge in [0.25, 0.3) is 0 Å². The zero-order chi connectivity index (χ0) is 37.9. The average Bonchev–Trinajstić information content (AvgIpc) is 3.11. The predicted molar refractivity (Wildman–Crippen MR) is 191 cm³/mol. The van der Waals surface area contributed by atoms with Crippen molar-refractivity contribution in [3.63, 3.8) is 0 Å². The Morgan fingerprint density at radius 2 is 1.66 bits per heavy atom. The lowest BCUT2D eigenvalue weighted by Crippen LogP contribution is -2.49. The van der Waals surface area contributed by atoms with E-state index >= 15 is 4.39 Å². The fraction of sp³-hybridized carbons (Fsp3) is 0.324. The van der Waals surface area contributed by atoms with Crippen molar-refractivity contribution in [1.29, 1.82) is 0 Å². The van der Waals surface area contributed by atoms with E-state index in [1.54, 1.807) is 36.4 Å². The minimum Gasteiger partial charge on any atom is -0.369 e. The molecule has 14 nitrogen and oxygen atoms in total. The highest BCUT2D eigenvalue weighted by Crippen LogP contribution is 2.35. The summed E-state index contributed by atoms with van der Waals surface area (Å²) >= 11 is 0. The molecule has 53 heavy (non-hydrogen) atoms. The Morgan fingerprint density at radius 3 is 2.32 bits per heavy atom. The van der Waals surface area contributed by atoms with Gasteiger partial charge in [-0.05, 0) is 42.5 Å². The van der Waals surface area contributed by atoms with Crippen LogP contribution in [0.25, 0.3) is 0 Å². The van der Waals surface area contributed by atoms with Crippen LogP contribution in [-0.4, -0.2) is 86.2 Å². The van der Waals surface area contributed by atoms with Crippen molar-refractivity contribution in [3.05, 3.63) is 89.5 Å². The van der Waals surface area contributed by atoms with E-state index in [9.17, 15) is 31.2 Å². The highest BCUT2D eigenvalue weighted by atomic mass is 32.2. The third-order valence-electron chi connectivity index (χ3n) is 8.86. The lowest BCUT2D eigenvalue weighted by atomic mass is 10.1. The second-order valence-corrected chi connectivity index (χ2v) is 14.5. The number of urea groups is 1. The van der Waals surface area contributed by atoms with Crippen LogP contribution in [0.2, 0.25) is 0 Å². The van der Waals surface area contributed by atoms with E-state index in [4.69, 9.17) is 0 Å². The largest absolute Gasteiger partial charge is 0.421 e. The van der Waals surface area contributed by atoms with Crippen molar-refractivity contribution in [2.24, 2.45) is 0 Å². The maximum absolute atomic E-state index is 15.0. The van der Waals surface area contributed by atoms with Crippen LogP contribution in [0.1, 0.15) is 23.1 Å². The summed E-state index contributed by atoms with van der Waals surface area (Å²) < 4.78 is 81.8. The average molecular weight is 757 g/mol. The third kappa shape index (κ3) is 8.91. The Morgan fingerprint density at radius 1 is 0.943 bits per heavy atom. The molecule has 3 amide bonds. The van der Waals surface area contributed by atoms with Gasteiger partial charge in [0.05, 0.1) is 6.26 Å². The third-order valence-corrected chi connectivity index (χ3v) is 10.0. The predicted octanol–water partition coefficient (Wildman–Crippen LogP) is 4.55. The van der Waals surface area contributed by atoms with Gasteiger partial charge in [0, 0.05) is 99.9 Å². The monoisotopic (exact) mass is 756 g/mol. The summed E-state index contributed by atoms with van der Waals surface area (Å²) in [5.74, 6) is -1.31. The molecule has 19 heteroatoms. The first kappa shape index (κ1) is 37.2. The van der Waals surface area contributed by atoms with Gasteiger partial charge in [0.2, 0.25) is 21.9 Å². The van der Waals surface area contributed by atoms with Crippen molar-refractivity contribution >= 4 is 56.6 Å². The van der Waals surface area contributed by atoms with E-state index in [0.29, 0.717) is 61.4 Å². The summed E-state index contributed by atoms with van der Waals surface area (Å²) in [5, 5.41) is 7.84. The normalized spacial score (nSPS) is 15.7. The van der Waals surface area contributed by atoms with Crippen molar-refractivity contribution in [2.75, 3.05) is 70.8 Å². The number of pyridine rings is 1. The van der Waals surface area contributed by atoms with Gasteiger partial charge in [-0.15, -0.1) is 0 Å². The number of benzene rings is 2. The van der Waals surface area contributed by atoms with E-state index in [0.717, 1.165) is 16.2 Å². The van der Waals surface area contributed by atoms with Crippen LogP contribution < -0.4 is 30.1 Å². The molecule has 2 aromatic heterocycles. The van der Waals surface area contributed by atoms with Crippen LogP contribution in [0.15, 0.2) is 67.0 Å². The smallest absolute Gasteiger partial charge is 0.369 e. The molecule has 0 spiro atoms. The standard InChI is InChI=1S/C34H36F4N10O4S/c1-45(53(2,51)52)31-22(4-3-12-39-31)19-40-30-27(34(36,37)38)20-41-32(44-30)42-24-6-9-25(10-7-24)47-16-14-46(15-17-47)21-23-5-8-26(18-28(23)35)48-13-11-29(49)43-33(48)50/h3-10,12,18,20H,11,13-17,19,21H2,1-2H3,(H,43,49,50)(H2,40,41,42,44). The van der Waals surface area contributed by atoms with Crippen LogP contribution in [-0.2, 0) is 34.1 Å². The van der Waals surface area contributed by atoms with Gasteiger partial charge in [-0.2, -0.15) is 18.2 Å². The van der Waals surface area contributed by atoms with Crippen LogP contribution in [0, 0.1) is 5.82 Å². The lowest BCUT2D eigenvalue weighted by Gasteiger charge is -2.36. The number of halogens is 4. The number of hydrogen-bond donors (Lipinski definition) is 3. The number of carbonyl (C=O) groups excluding carboxylic acids is 2. The summed E-state index contributed by atoms with van der Waals surface area (Å²) in [4.78, 5) is 41.2. The zero-order valence-electron chi connectivity index (χ0n) is 28.7. The van der Waals surface area contributed by atoms with E-state index in [1.807, 2.05) is 12.1 Å². The van der Waals surface area contributed by atoms with Crippen molar-refractivity contribution in [3.8, 4) is 0 Å².